The highest BCUT2D eigenvalue weighted by atomic mass is 16.5. The van der Waals surface area contributed by atoms with E-state index in [-0.39, 0.29) is 0 Å². The highest BCUT2D eigenvalue weighted by molar-refractivity contribution is 5.67. The second-order valence-electron chi connectivity index (χ2n) is 7.86. The lowest BCUT2D eigenvalue weighted by Gasteiger charge is -2.41. The molecule has 2 atom stereocenters. The highest BCUT2D eigenvalue weighted by Crippen LogP contribution is 2.29. The fourth-order valence-corrected chi connectivity index (χ4v) is 4.31. The topological polar surface area (TPSA) is 50.5 Å². The first-order valence-corrected chi connectivity index (χ1v) is 10.1. The molecule has 0 radical (unpaired) electrons. The van der Waals surface area contributed by atoms with Crippen molar-refractivity contribution in [3.63, 3.8) is 0 Å². The van der Waals surface area contributed by atoms with Gasteiger partial charge in [0.05, 0.1) is 17.5 Å². The van der Waals surface area contributed by atoms with Crippen LogP contribution < -0.4 is 11.1 Å². The maximum atomic E-state index is 6.12. The van der Waals surface area contributed by atoms with Gasteiger partial charge in [-0.1, -0.05) is 13.0 Å². The number of hydrogen-bond acceptors (Lipinski definition) is 4. The van der Waals surface area contributed by atoms with Crippen LogP contribution in [0.3, 0.4) is 0 Å². The van der Waals surface area contributed by atoms with Gasteiger partial charge in [0.25, 0.3) is 0 Å². The summed E-state index contributed by atoms with van der Waals surface area (Å²) in [4.78, 5) is 2.71. The fraction of sp³-hybridized carbons (Fsp3) is 0.714. The Balaban J connectivity index is 1.47. The van der Waals surface area contributed by atoms with Crippen molar-refractivity contribution < 1.29 is 4.74 Å². The molecule has 1 aliphatic carbocycles. The van der Waals surface area contributed by atoms with Crippen LogP contribution in [0.5, 0.6) is 0 Å². The van der Waals surface area contributed by atoms with Crippen molar-refractivity contribution in [1.29, 1.82) is 0 Å². The number of anilines is 2. The lowest BCUT2D eigenvalue weighted by Crippen LogP contribution is -2.47. The molecule has 2 fully saturated rings. The molecule has 4 heteroatoms. The molecule has 1 saturated heterocycles. The Morgan fingerprint density at radius 1 is 1.20 bits per heavy atom. The summed E-state index contributed by atoms with van der Waals surface area (Å²) < 4.78 is 6.02. The van der Waals surface area contributed by atoms with Crippen LogP contribution in [0.2, 0.25) is 0 Å². The number of benzene rings is 1. The molecular formula is C21H35N3O. The number of aryl methyl sites for hydroxylation is 1. The Bertz CT molecular complexity index is 540. The Hall–Kier alpha value is -1.26. The van der Waals surface area contributed by atoms with Crippen LogP contribution in [0.15, 0.2) is 18.2 Å². The maximum absolute atomic E-state index is 6.12. The SMILES string of the molecule is CCCO[C@@H]1CCC[C@H](N2CCC(Nc3cc(C)ccc3N)CC2)C1. The summed E-state index contributed by atoms with van der Waals surface area (Å²) in [6.07, 6.45) is 9.15. The molecule has 0 aromatic heterocycles. The van der Waals surface area contributed by atoms with Crippen LogP contribution in [0.4, 0.5) is 11.4 Å². The summed E-state index contributed by atoms with van der Waals surface area (Å²) in [6, 6.07) is 7.50. The van der Waals surface area contributed by atoms with E-state index in [0.29, 0.717) is 12.1 Å². The Kier molecular flexibility index (Phi) is 6.60. The van der Waals surface area contributed by atoms with E-state index >= 15 is 0 Å². The van der Waals surface area contributed by atoms with Gasteiger partial charge in [-0.05, 0) is 69.6 Å². The zero-order valence-corrected chi connectivity index (χ0v) is 16.0. The van der Waals surface area contributed by atoms with Crippen LogP contribution in [0.1, 0.15) is 57.4 Å². The summed E-state index contributed by atoms with van der Waals surface area (Å²) in [5.41, 5.74) is 9.34. The molecular weight excluding hydrogens is 310 g/mol. The van der Waals surface area contributed by atoms with E-state index in [2.05, 4.69) is 36.2 Å². The molecule has 0 bridgehead atoms. The van der Waals surface area contributed by atoms with Crippen molar-refractivity contribution in [2.75, 3.05) is 30.7 Å². The number of nitrogens with two attached hydrogens (primary N) is 1. The maximum Gasteiger partial charge on any atom is 0.0590 e. The molecule has 1 heterocycles. The summed E-state index contributed by atoms with van der Waals surface area (Å²) in [5.74, 6) is 0. The Labute approximate surface area is 153 Å². The molecule has 140 valence electrons. The number of likely N-dealkylation sites (tertiary alicyclic amines) is 1. The van der Waals surface area contributed by atoms with Crippen molar-refractivity contribution in [3.8, 4) is 0 Å². The summed E-state index contributed by atoms with van der Waals surface area (Å²) in [7, 11) is 0. The fourth-order valence-electron chi connectivity index (χ4n) is 4.31. The van der Waals surface area contributed by atoms with Gasteiger partial charge in [-0.15, -0.1) is 0 Å². The lowest BCUT2D eigenvalue weighted by molar-refractivity contribution is -0.00514. The van der Waals surface area contributed by atoms with Gasteiger partial charge in [0.1, 0.15) is 0 Å². The average Bonchev–Trinajstić information content (AvgIpc) is 2.64. The number of nitrogen functional groups attached to an aromatic ring is 1. The second kappa shape index (κ2) is 8.91. The van der Waals surface area contributed by atoms with Gasteiger partial charge in [-0.3, -0.25) is 0 Å². The molecule has 1 aliphatic heterocycles. The average molecular weight is 346 g/mol. The number of nitrogens with one attached hydrogen (secondary N) is 1. The quantitative estimate of drug-likeness (QED) is 0.759. The van der Waals surface area contributed by atoms with Gasteiger partial charge in [0.15, 0.2) is 0 Å². The molecule has 25 heavy (non-hydrogen) atoms. The van der Waals surface area contributed by atoms with E-state index in [0.717, 1.165) is 30.4 Å². The Morgan fingerprint density at radius 3 is 2.76 bits per heavy atom. The van der Waals surface area contributed by atoms with E-state index in [1.54, 1.807) is 0 Å². The molecule has 4 nitrogen and oxygen atoms in total. The van der Waals surface area contributed by atoms with Crippen LogP contribution in [-0.2, 0) is 4.74 Å². The minimum absolute atomic E-state index is 0.488. The van der Waals surface area contributed by atoms with Gasteiger partial charge >= 0.3 is 0 Å². The standard InChI is InChI=1S/C21H35N3O/c1-3-13-25-19-6-4-5-18(15-19)24-11-9-17(10-12-24)23-21-14-16(2)7-8-20(21)22/h7-8,14,17-19,23H,3-6,9-13,15,22H2,1-2H3/t18-,19+/m0/s1. The van der Waals surface area contributed by atoms with E-state index in [9.17, 15) is 0 Å². The van der Waals surface area contributed by atoms with Crippen molar-refractivity contribution in [1.82, 2.24) is 4.90 Å². The summed E-state index contributed by atoms with van der Waals surface area (Å²) in [6.45, 7) is 7.61. The van der Waals surface area contributed by atoms with Crippen molar-refractivity contribution >= 4 is 11.4 Å². The molecule has 2 aliphatic rings. The van der Waals surface area contributed by atoms with Gasteiger partial charge in [-0.2, -0.15) is 0 Å². The van der Waals surface area contributed by atoms with Gasteiger partial charge in [-0.25, -0.2) is 0 Å². The molecule has 1 saturated carbocycles. The smallest absolute Gasteiger partial charge is 0.0590 e. The molecule has 0 unspecified atom stereocenters. The number of ether oxygens (including phenoxy) is 1. The number of nitrogens with zero attached hydrogens (tertiary/aromatic N) is 1. The normalized spacial score (nSPS) is 25.8. The predicted molar refractivity (Wildman–Crippen MR) is 106 cm³/mol. The van der Waals surface area contributed by atoms with E-state index in [4.69, 9.17) is 10.5 Å². The van der Waals surface area contributed by atoms with E-state index in [1.165, 1.54) is 57.2 Å². The molecule has 3 rings (SSSR count). The third-order valence-corrected chi connectivity index (χ3v) is 5.77. The third kappa shape index (κ3) is 5.11. The van der Waals surface area contributed by atoms with Crippen molar-refractivity contribution in [2.45, 2.75) is 77.0 Å². The monoisotopic (exact) mass is 345 g/mol. The first-order valence-electron chi connectivity index (χ1n) is 10.1. The van der Waals surface area contributed by atoms with Crippen LogP contribution in [-0.4, -0.2) is 42.8 Å². The van der Waals surface area contributed by atoms with Crippen LogP contribution >= 0.6 is 0 Å². The molecule has 0 spiro atoms. The van der Waals surface area contributed by atoms with Crippen molar-refractivity contribution in [3.05, 3.63) is 23.8 Å². The number of hydrogen-bond donors (Lipinski definition) is 2. The minimum Gasteiger partial charge on any atom is -0.397 e. The van der Waals surface area contributed by atoms with Crippen molar-refractivity contribution in [2.24, 2.45) is 0 Å². The van der Waals surface area contributed by atoms with Crippen LogP contribution in [0, 0.1) is 6.92 Å². The van der Waals surface area contributed by atoms with E-state index in [1.807, 2.05) is 6.07 Å². The van der Waals surface area contributed by atoms with Gasteiger partial charge in [0.2, 0.25) is 0 Å². The first-order chi connectivity index (χ1) is 12.2. The Morgan fingerprint density at radius 2 is 2.00 bits per heavy atom. The molecule has 0 amide bonds. The predicted octanol–water partition coefficient (Wildman–Crippen LogP) is 4.19. The lowest BCUT2D eigenvalue weighted by atomic mass is 9.90. The van der Waals surface area contributed by atoms with Gasteiger partial charge < -0.3 is 20.7 Å². The molecule has 1 aromatic carbocycles. The number of piperidine rings is 1. The van der Waals surface area contributed by atoms with E-state index < -0.39 is 0 Å². The minimum atomic E-state index is 0.488. The zero-order valence-electron chi connectivity index (χ0n) is 16.0. The third-order valence-electron chi connectivity index (χ3n) is 5.77. The number of rotatable bonds is 6. The largest absolute Gasteiger partial charge is 0.397 e. The molecule has 3 N–H and O–H groups in total. The zero-order chi connectivity index (χ0) is 17.6. The van der Waals surface area contributed by atoms with Crippen LogP contribution in [0.25, 0.3) is 0 Å². The second-order valence-corrected chi connectivity index (χ2v) is 7.86. The summed E-state index contributed by atoms with van der Waals surface area (Å²) >= 11 is 0. The van der Waals surface area contributed by atoms with Gasteiger partial charge in [0, 0.05) is 31.8 Å². The first kappa shape index (κ1) is 18.5. The highest BCUT2D eigenvalue weighted by Gasteiger charge is 2.30. The molecule has 1 aromatic rings. The summed E-state index contributed by atoms with van der Waals surface area (Å²) in [5, 5.41) is 3.67.